The molecule has 148 valence electrons. The van der Waals surface area contributed by atoms with Crippen molar-refractivity contribution < 1.29 is 17.9 Å². The number of hydrogen-bond donors (Lipinski definition) is 2. The van der Waals surface area contributed by atoms with Crippen molar-refractivity contribution in [3.63, 3.8) is 0 Å². The van der Waals surface area contributed by atoms with Crippen molar-refractivity contribution in [2.45, 2.75) is 30.3 Å². The molecule has 0 spiro atoms. The third-order valence-corrected chi connectivity index (χ3v) is 6.82. The van der Waals surface area contributed by atoms with Crippen molar-refractivity contribution in [1.29, 1.82) is 0 Å². The van der Waals surface area contributed by atoms with E-state index in [0.717, 1.165) is 11.3 Å². The number of nitrogens with zero attached hydrogens (tertiary/aromatic N) is 1. The van der Waals surface area contributed by atoms with Gasteiger partial charge in [0.2, 0.25) is 10.0 Å². The van der Waals surface area contributed by atoms with Crippen molar-refractivity contribution in [2.75, 3.05) is 25.5 Å². The van der Waals surface area contributed by atoms with E-state index in [2.05, 4.69) is 17.0 Å². The smallest absolute Gasteiger partial charge is 0.261 e. The van der Waals surface area contributed by atoms with Crippen LogP contribution in [0, 0.1) is 0 Å². The molecule has 28 heavy (non-hydrogen) atoms. The van der Waals surface area contributed by atoms with E-state index in [0.29, 0.717) is 25.2 Å². The minimum Gasteiger partial charge on any atom is -0.497 e. The van der Waals surface area contributed by atoms with Crippen LogP contribution < -0.4 is 14.8 Å². The van der Waals surface area contributed by atoms with Gasteiger partial charge >= 0.3 is 0 Å². The van der Waals surface area contributed by atoms with Gasteiger partial charge in [-0.25, -0.2) is 8.42 Å². The van der Waals surface area contributed by atoms with Crippen molar-refractivity contribution in [3.05, 3.63) is 53.6 Å². The van der Waals surface area contributed by atoms with Crippen LogP contribution in [0.25, 0.3) is 0 Å². The summed E-state index contributed by atoms with van der Waals surface area (Å²) in [5.74, 6) is 0.637. The first-order valence-electron chi connectivity index (χ1n) is 9.22. The van der Waals surface area contributed by atoms with Gasteiger partial charge in [0.1, 0.15) is 10.6 Å². The van der Waals surface area contributed by atoms with Gasteiger partial charge in [-0.1, -0.05) is 25.1 Å². The molecule has 1 amide bonds. The Kier molecular flexibility index (Phi) is 4.76. The standard InChI is InChI=1S/C20H23N3O4S/c1-13-12-23(10-9-14-7-8-15(27-2)11-16(13)14)20(24)19-21-17-5-3-4-6-18(17)28(25,26)22-19/h3-8,11,13,19,21-22H,9-10,12H2,1-2H3. The van der Waals surface area contributed by atoms with Crippen LogP contribution in [0.1, 0.15) is 24.0 Å². The van der Waals surface area contributed by atoms with Gasteiger partial charge in [0.05, 0.1) is 12.8 Å². The molecular weight excluding hydrogens is 378 g/mol. The Bertz CT molecular complexity index is 1020. The molecule has 2 aliphatic heterocycles. The summed E-state index contributed by atoms with van der Waals surface area (Å²) in [5.41, 5.74) is 2.79. The Morgan fingerprint density at radius 3 is 2.79 bits per heavy atom. The highest BCUT2D eigenvalue weighted by molar-refractivity contribution is 7.89. The number of nitrogens with one attached hydrogen (secondary N) is 2. The average molecular weight is 401 g/mol. The molecule has 0 radical (unpaired) electrons. The fraction of sp³-hybridized carbons (Fsp3) is 0.350. The fourth-order valence-corrected chi connectivity index (χ4v) is 5.15. The van der Waals surface area contributed by atoms with E-state index < -0.39 is 16.2 Å². The summed E-state index contributed by atoms with van der Waals surface area (Å²) in [6, 6.07) is 12.6. The number of para-hydroxylation sites is 1. The van der Waals surface area contributed by atoms with Crippen molar-refractivity contribution in [2.24, 2.45) is 0 Å². The third kappa shape index (κ3) is 3.33. The lowest BCUT2D eigenvalue weighted by molar-refractivity contribution is -0.132. The summed E-state index contributed by atoms with van der Waals surface area (Å²) in [5, 5.41) is 3.02. The first-order chi connectivity index (χ1) is 13.4. The van der Waals surface area contributed by atoms with Gasteiger partial charge in [-0.2, -0.15) is 4.72 Å². The zero-order valence-electron chi connectivity index (χ0n) is 15.8. The zero-order valence-corrected chi connectivity index (χ0v) is 16.6. The lowest BCUT2D eigenvalue weighted by atomic mass is 9.95. The molecule has 0 aromatic heterocycles. The highest BCUT2D eigenvalue weighted by Gasteiger charge is 2.36. The minimum absolute atomic E-state index is 0.115. The van der Waals surface area contributed by atoms with E-state index >= 15 is 0 Å². The molecule has 2 aliphatic rings. The van der Waals surface area contributed by atoms with E-state index in [-0.39, 0.29) is 16.7 Å². The molecule has 2 heterocycles. The molecule has 2 aromatic rings. The maximum Gasteiger partial charge on any atom is 0.261 e. The number of hydrogen-bond acceptors (Lipinski definition) is 5. The number of methoxy groups -OCH3 is 1. The second-order valence-corrected chi connectivity index (χ2v) is 8.88. The van der Waals surface area contributed by atoms with Gasteiger partial charge in [0.15, 0.2) is 6.17 Å². The summed E-state index contributed by atoms with van der Waals surface area (Å²) in [6.07, 6.45) is -0.297. The van der Waals surface area contributed by atoms with Gasteiger partial charge < -0.3 is 15.0 Å². The lowest BCUT2D eigenvalue weighted by Crippen LogP contribution is -2.55. The van der Waals surface area contributed by atoms with Gasteiger partial charge in [0.25, 0.3) is 5.91 Å². The molecule has 0 aliphatic carbocycles. The number of fused-ring (bicyclic) bond motifs is 2. The minimum atomic E-state index is -3.74. The summed E-state index contributed by atoms with van der Waals surface area (Å²) >= 11 is 0. The van der Waals surface area contributed by atoms with Crippen LogP contribution in [0.3, 0.4) is 0 Å². The van der Waals surface area contributed by atoms with Gasteiger partial charge in [-0.3, -0.25) is 4.79 Å². The molecule has 0 saturated heterocycles. The van der Waals surface area contributed by atoms with E-state index in [9.17, 15) is 13.2 Å². The van der Waals surface area contributed by atoms with Gasteiger partial charge in [-0.05, 0) is 47.7 Å². The van der Waals surface area contributed by atoms with Crippen LogP contribution in [0.4, 0.5) is 5.69 Å². The van der Waals surface area contributed by atoms with Crippen LogP contribution in [0.5, 0.6) is 5.75 Å². The Balaban J connectivity index is 1.57. The zero-order chi connectivity index (χ0) is 19.9. The first-order valence-corrected chi connectivity index (χ1v) is 10.7. The Hall–Kier alpha value is -2.58. The highest BCUT2D eigenvalue weighted by Crippen LogP contribution is 2.30. The summed E-state index contributed by atoms with van der Waals surface area (Å²) in [4.78, 5) is 15.0. The normalized spacial score (nSPS) is 23.0. The quantitative estimate of drug-likeness (QED) is 0.803. The molecule has 8 heteroatoms. The number of carbonyl (C=O) groups excluding carboxylic acids is 1. The van der Waals surface area contributed by atoms with E-state index in [1.165, 1.54) is 11.6 Å². The maximum absolute atomic E-state index is 13.1. The SMILES string of the molecule is COc1ccc2c(c1)C(C)CN(C(=O)C1Nc3ccccc3S(=O)(=O)N1)CC2. The van der Waals surface area contributed by atoms with Crippen LogP contribution >= 0.6 is 0 Å². The lowest BCUT2D eigenvalue weighted by Gasteiger charge is -2.32. The van der Waals surface area contributed by atoms with Crippen molar-refractivity contribution in [3.8, 4) is 5.75 Å². The van der Waals surface area contributed by atoms with Crippen molar-refractivity contribution in [1.82, 2.24) is 9.62 Å². The second kappa shape index (κ2) is 7.10. The van der Waals surface area contributed by atoms with Crippen LogP contribution in [0.2, 0.25) is 0 Å². The number of carbonyl (C=O) groups is 1. The first kappa shape index (κ1) is 18.8. The summed E-state index contributed by atoms with van der Waals surface area (Å²) in [6.45, 7) is 3.11. The second-order valence-electron chi connectivity index (χ2n) is 7.19. The number of benzene rings is 2. The van der Waals surface area contributed by atoms with Crippen LogP contribution in [-0.4, -0.2) is 45.6 Å². The fourth-order valence-electron chi connectivity index (χ4n) is 3.88. The topological polar surface area (TPSA) is 87.7 Å². The monoisotopic (exact) mass is 401 g/mol. The van der Waals surface area contributed by atoms with Gasteiger partial charge in [0, 0.05) is 13.1 Å². The van der Waals surface area contributed by atoms with Crippen LogP contribution in [-0.2, 0) is 21.2 Å². The number of rotatable bonds is 2. The van der Waals surface area contributed by atoms with E-state index in [1.54, 1.807) is 30.2 Å². The maximum atomic E-state index is 13.1. The molecule has 0 saturated carbocycles. The number of anilines is 1. The van der Waals surface area contributed by atoms with Crippen LogP contribution in [0.15, 0.2) is 47.4 Å². The van der Waals surface area contributed by atoms with E-state index in [4.69, 9.17) is 4.74 Å². The van der Waals surface area contributed by atoms with Crippen molar-refractivity contribution >= 4 is 21.6 Å². The molecule has 2 atom stereocenters. The molecule has 4 rings (SSSR count). The van der Waals surface area contributed by atoms with Gasteiger partial charge in [-0.15, -0.1) is 0 Å². The number of sulfonamides is 1. The predicted octanol–water partition coefficient (Wildman–Crippen LogP) is 1.91. The number of ether oxygens (including phenoxy) is 1. The average Bonchev–Trinajstić information content (AvgIpc) is 2.85. The summed E-state index contributed by atoms with van der Waals surface area (Å²) < 4.78 is 32.8. The third-order valence-electron chi connectivity index (χ3n) is 5.34. The molecule has 2 aromatic carbocycles. The summed E-state index contributed by atoms with van der Waals surface area (Å²) in [7, 11) is -2.10. The Labute approximate surface area is 164 Å². The Morgan fingerprint density at radius 1 is 1.21 bits per heavy atom. The highest BCUT2D eigenvalue weighted by atomic mass is 32.2. The number of amides is 1. The Morgan fingerprint density at radius 2 is 2.00 bits per heavy atom. The molecule has 0 fully saturated rings. The molecule has 0 bridgehead atoms. The largest absolute Gasteiger partial charge is 0.497 e. The van der Waals surface area contributed by atoms with E-state index in [1.807, 2.05) is 18.2 Å². The molecular formula is C20H23N3O4S. The molecule has 2 N–H and O–H groups in total. The molecule has 7 nitrogen and oxygen atoms in total. The predicted molar refractivity (Wildman–Crippen MR) is 106 cm³/mol. The molecule has 2 unspecified atom stereocenters.